The van der Waals surface area contributed by atoms with Crippen LogP contribution in [0.3, 0.4) is 0 Å². The number of amides is 1. The summed E-state index contributed by atoms with van der Waals surface area (Å²) in [5.41, 5.74) is 4.75. The third-order valence-electron chi connectivity index (χ3n) is 3.85. The number of nitriles is 1. The zero-order valence-electron chi connectivity index (χ0n) is 14.4. The van der Waals surface area contributed by atoms with Crippen molar-refractivity contribution in [3.63, 3.8) is 0 Å². The number of carbonyl (C=O) groups excluding carboxylic acids is 1. The lowest BCUT2D eigenvalue weighted by Gasteiger charge is -2.08. The molecule has 2 aromatic carbocycles. The summed E-state index contributed by atoms with van der Waals surface area (Å²) >= 11 is 0. The molecule has 0 bridgehead atoms. The van der Waals surface area contributed by atoms with Crippen LogP contribution in [0.4, 0.5) is 11.4 Å². The number of anilines is 2. The third kappa shape index (κ3) is 4.46. The third-order valence-corrected chi connectivity index (χ3v) is 3.85. The molecule has 3 aromatic rings. The molecule has 0 aliphatic heterocycles. The van der Waals surface area contributed by atoms with Crippen LogP contribution in [0, 0.1) is 18.3 Å². The van der Waals surface area contributed by atoms with E-state index in [1.165, 1.54) is 11.1 Å². The van der Waals surface area contributed by atoms with Gasteiger partial charge in [-0.3, -0.25) is 4.79 Å². The summed E-state index contributed by atoms with van der Waals surface area (Å²) < 4.78 is 0. The Labute approximate surface area is 152 Å². The molecule has 0 saturated carbocycles. The molecule has 0 unspecified atom stereocenters. The van der Waals surface area contributed by atoms with Crippen molar-refractivity contribution in [1.29, 1.82) is 5.26 Å². The Bertz CT molecular complexity index is 941. The van der Waals surface area contributed by atoms with E-state index in [2.05, 4.69) is 40.7 Å². The Morgan fingerprint density at radius 3 is 2.50 bits per heavy atom. The van der Waals surface area contributed by atoms with Gasteiger partial charge in [0.25, 0.3) is 5.91 Å². The molecular formula is C21H18N4O. The first kappa shape index (κ1) is 17.2. The van der Waals surface area contributed by atoms with Gasteiger partial charge in [-0.15, -0.1) is 0 Å². The maximum absolute atomic E-state index is 12.2. The molecule has 0 atom stereocenters. The molecule has 128 valence electrons. The summed E-state index contributed by atoms with van der Waals surface area (Å²) in [4.78, 5) is 16.4. The monoisotopic (exact) mass is 342 g/mol. The normalized spacial score (nSPS) is 10.0. The van der Waals surface area contributed by atoms with Gasteiger partial charge in [0.05, 0.1) is 23.5 Å². The summed E-state index contributed by atoms with van der Waals surface area (Å²) in [6.07, 6.45) is 1.64. The number of rotatable bonds is 5. The lowest BCUT2D eigenvalue weighted by atomic mass is 10.1. The molecule has 0 saturated heterocycles. The molecule has 0 fully saturated rings. The molecule has 26 heavy (non-hydrogen) atoms. The highest BCUT2D eigenvalue weighted by molar-refractivity contribution is 6.02. The molecule has 0 aliphatic carbocycles. The van der Waals surface area contributed by atoms with Gasteiger partial charge in [-0.1, -0.05) is 29.8 Å². The van der Waals surface area contributed by atoms with Crippen LogP contribution in [-0.2, 0) is 6.54 Å². The fourth-order valence-electron chi connectivity index (χ4n) is 2.48. The lowest BCUT2D eigenvalue weighted by Crippen LogP contribution is -2.13. The Morgan fingerprint density at radius 1 is 1.08 bits per heavy atom. The molecule has 1 aromatic heterocycles. The van der Waals surface area contributed by atoms with Crippen molar-refractivity contribution in [2.75, 3.05) is 10.6 Å². The van der Waals surface area contributed by atoms with E-state index in [1.54, 1.807) is 36.5 Å². The smallest absolute Gasteiger partial charge is 0.274 e. The summed E-state index contributed by atoms with van der Waals surface area (Å²) in [6, 6.07) is 20.5. The van der Waals surface area contributed by atoms with Crippen molar-refractivity contribution in [2.45, 2.75) is 13.5 Å². The van der Waals surface area contributed by atoms with Crippen LogP contribution in [0.25, 0.3) is 0 Å². The van der Waals surface area contributed by atoms with Crippen molar-refractivity contribution >= 4 is 17.3 Å². The topological polar surface area (TPSA) is 77.8 Å². The minimum atomic E-state index is -0.292. The summed E-state index contributed by atoms with van der Waals surface area (Å²) in [6.45, 7) is 2.76. The van der Waals surface area contributed by atoms with Crippen LogP contribution in [0.1, 0.15) is 27.2 Å². The van der Waals surface area contributed by atoms with Crippen LogP contribution < -0.4 is 10.6 Å². The van der Waals surface area contributed by atoms with E-state index < -0.39 is 0 Å². The quantitative estimate of drug-likeness (QED) is 0.731. The van der Waals surface area contributed by atoms with Crippen molar-refractivity contribution in [3.8, 4) is 6.07 Å². The van der Waals surface area contributed by atoms with Gasteiger partial charge in [-0.2, -0.15) is 5.26 Å². The van der Waals surface area contributed by atoms with Crippen LogP contribution in [0.15, 0.2) is 66.9 Å². The molecule has 0 aliphatic rings. The second-order valence-corrected chi connectivity index (χ2v) is 5.92. The Morgan fingerprint density at radius 2 is 1.85 bits per heavy atom. The van der Waals surface area contributed by atoms with E-state index in [4.69, 9.17) is 5.26 Å². The highest BCUT2D eigenvalue weighted by Gasteiger charge is 2.07. The number of benzene rings is 2. The van der Waals surface area contributed by atoms with Gasteiger partial charge in [-0.25, -0.2) is 4.98 Å². The average molecular weight is 342 g/mol. The lowest BCUT2D eigenvalue weighted by molar-refractivity contribution is 0.102. The number of nitrogens with one attached hydrogen (secondary N) is 2. The van der Waals surface area contributed by atoms with E-state index in [0.717, 1.165) is 5.69 Å². The van der Waals surface area contributed by atoms with E-state index in [1.807, 2.05) is 18.2 Å². The molecule has 3 rings (SSSR count). The number of carbonyl (C=O) groups is 1. The number of nitrogens with zero attached hydrogens (tertiary/aromatic N) is 2. The van der Waals surface area contributed by atoms with Gasteiger partial charge in [0.1, 0.15) is 5.69 Å². The highest BCUT2D eigenvalue weighted by atomic mass is 16.1. The first-order valence-corrected chi connectivity index (χ1v) is 8.21. The number of aromatic nitrogens is 1. The Balaban J connectivity index is 1.59. The number of hydrogen-bond donors (Lipinski definition) is 2. The van der Waals surface area contributed by atoms with Gasteiger partial charge in [-0.05, 0) is 48.9 Å². The summed E-state index contributed by atoms with van der Waals surface area (Å²) in [5.74, 6) is -0.292. The molecule has 5 heteroatoms. The molecule has 1 amide bonds. The van der Waals surface area contributed by atoms with Crippen molar-refractivity contribution in [1.82, 2.24) is 4.98 Å². The maximum atomic E-state index is 12.2. The average Bonchev–Trinajstić information content (AvgIpc) is 2.67. The minimum absolute atomic E-state index is 0.292. The zero-order chi connectivity index (χ0) is 18.4. The summed E-state index contributed by atoms with van der Waals surface area (Å²) in [7, 11) is 0. The number of hydrogen-bond acceptors (Lipinski definition) is 4. The first-order valence-electron chi connectivity index (χ1n) is 8.21. The van der Waals surface area contributed by atoms with E-state index >= 15 is 0 Å². The van der Waals surface area contributed by atoms with Gasteiger partial charge in [0.2, 0.25) is 0 Å². The Kier molecular flexibility index (Phi) is 5.25. The molecule has 0 radical (unpaired) electrons. The van der Waals surface area contributed by atoms with Gasteiger partial charge in [0.15, 0.2) is 0 Å². The minimum Gasteiger partial charge on any atom is -0.380 e. The van der Waals surface area contributed by atoms with Crippen LogP contribution in [0.5, 0.6) is 0 Å². The fourth-order valence-corrected chi connectivity index (χ4v) is 2.48. The van der Waals surface area contributed by atoms with Crippen LogP contribution in [-0.4, -0.2) is 10.9 Å². The fraction of sp³-hybridized carbons (Fsp3) is 0.0952. The Hall–Kier alpha value is -3.65. The first-order chi connectivity index (χ1) is 12.6. The predicted molar refractivity (Wildman–Crippen MR) is 102 cm³/mol. The predicted octanol–water partition coefficient (Wildman–Crippen LogP) is 4.13. The van der Waals surface area contributed by atoms with E-state index in [0.29, 0.717) is 23.5 Å². The molecule has 0 spiro atoms. The second-order valence-electron chi connectivity index (χ2n) is 5.92. The van der Waals surface area contributed by atoms with Gasteiger partial charge < -0.3 is 10.6 Å². The number of aryl methyl sites for hydroxylation is 1. The van der Waals surface area contributed by atoms with Gasteiger partial charge >= 0.3 is 0 Å². The largest absolute Gasteiger partial charge is 0.380 e. The standard InChI is InChI=1S/C21H18N4O/c1-15-3-2-4-17(11-15)13-23-19-9-10-20(24-14-19)21(26)25-18-7-5-16(12-22)6-8-18/h2-11,14,23H,13H2,1H3,(H,25,26). The van der Waals surface area contributed by atoms with Crippen molar-refractivity contribution < 1.29 is 4.79 Å². The second kappa shape index (κ2) is 7.95. The number of pyridine rings is 1. The zero-order valence-corrected chi connectivity index (χ0v) is 14.4. The SMILES string of the molecule is Cc1cccc(CNc2ccc(C(=O)Nc3ccc(C#N)cc3)nc2)c1. The summed E-state index contributed by atoms with van der Waals surface area (Å²) in [5, 5.41) is 14.8. The van der Waals surface area contributed by atoms with E-state index in [9.17, 15) is 4.79 Å². The van der Waals surface area contributed by atoms with Crippen LogP contribution in [0.2, 0.25) is 0 Å². The van der Waals surface area contributed by atoms with Crippen LogP contribution >= 0.6 is 0 Å². The molecule has 5 nitrogen and oxygen atoms in total. The van der Waals surface area contributed by atoms with E-state index in [-0.39, 0.29) is 5.91 Å². The van der Waals surface area contributed by atoms with Crippen molar-refractivity contribution in [2.24, 2.45) is 0 Å². The van der Waals surface area contributed by atoms with Gasteiger partial charge in [0, 0.05) is 12.2 Å². The highest BCUT2D eigenvalue weighted by Crippen LogP contribution is 2.13. The molecular weight excluding hydrogens is 324 g/mol. The van der Waals surface area contributed by atoms with Crippen molar-refractivity contribution in [3.05, 3.63) is 89.2 Å². The maximum Gasteiger partial charge on any atom is 0.274 e. The molecule has 2 N–H and O–H groups in total. The molecule has 1 heterocycles.